The van der Waals surface area contributed by atoms with E-state index in [-0.39, 0.29) is 11.9 Å². The molecular weight excluding hydrogens is 471 g/mol. The van der Waals surface area contributed by atoms with E-state index in [9.17, 15) is 14.7 Å². The van der Waals surface area contributed by atoms with Crippen LogP contribution < -0.4 is 4.90 Å². The molecule has 0 aliphatic carbocycles. The number of amides is 3. The molecule has 2 aliphatic heterocycles. The first-order valence-electron chi connectivity index (χ1n) is 11.3. The Bertz CT molecular complexity index is 1250. The van der Waals surface area contributed by atoms with E-state index in [2.05, 4.69) is 0 Å². The maximum Gasteiger partial charge on any atom is 0.332 e. The molecule has 2 saturated heterocycles. The Morgan fingerprint density at radius 3 is 2.35 bits per heavy atom. The van der Waals surface area contributed by atoms with Gasteiger partial charge in [0.25, 0.3) is 5.91 Å². The largest absolute Gasteiger partial charge is 0.389 e. The third kappa shape index (κ3) is 3.88. The van der Waals surface area contributed by atoms with Gasteiger partial charge in [0.15, 0.2) is 0 Å². The van der Waals surface area contributed by atoms with E-state index >= 15 is 0 Å². The van der Waals surface area contributed by atoms with E-state index in [1.807, 2.05) is 48.5 Å². The monoisotopic (exact) mass is 494 g/mol. The number of benzene rings is 3. The second-order valence-electron chi connectivity index (χ2n) is 9.01. The number of hydrogen-bond donors (Lipinski definition) is 1. The van der Waals surface area contributed by atoms with Crippen LogP contribution in [0.2, 0.25) is 10.0 Å². The minimum Gasteiger partial charge on any atom is -0.389 e. The van der Waals surface area contributed by atoms with Crippen molar-refractivity contribution in [2.24, 2.45) is 0 Å². The molecule has 0 radical (unpaired) electrons. The summed E-state index contributed by atoms with van der Waals surface area (Å²) < 4.78 is 0. The molecule has 2 atom stereocenters. The minimum atomic E-state index is -0.903. The van der Waals surface area contributed by atoms with Crippen molar-refractivity contribution in [1.29, 1.82) is 0 Å². The maximum atomic E-state index is 13.7. The van der Waals surface area contributed by atoms with Crippen molar-refractivity contribution in [2.75, 3.05) is 11.4 Å². The van der Waals surface area contributed by atoms with E-state index < -0.39 is 11.6 Å². The molecule has 2 fully saturated rings. The zero-order valence-electron chi connectivity index (χ0n) is 18.7. The summed E-state index contributed by atoms with van der Waals surface area (Å²) in [6, 6.07) is 20.3. The molecule has 2 heterocycles. The first-order valence-corrected chi connectivity index (χ1v) is 12.0. The number of imide groups is 1. The van der Waals surface area contributed by atoms with Crippen LogP contribution in [0.1, 0.15) is 37.0 Å². The van der Waals surface area contributed by atoms with Crippen molar-refractivity contribution in [2.45, 2.75) is 37.8 Å². The van der Waals surface area contributed by atoms with Crippen molar-refractivity contribution >= 4 is 40.8 Å². The highest BCUT2D eigenvalue weighted by Gasteiger charge is 2.59. The smallest absolute Gasteiger partial charge is 0.332 e. The van der Waals surface area contributed by atoms with E-state index in [1.54, 1.807) is 30.0 Å². The summed E-state index contributed by atoms with van der Waals surface area (Å²) >= 11 is 12.3. The number of halogens is 2. The highest BCUT2D eigenvalue weighted by atomic mass is 35.5. The van der Waals surface area contributed by atoms with Gasteiger partial charge in [-0.1, -0.05) is 65.7 Å². The average molecular weight is 495 g/mol. The van der Waals surface area contributed by atoms with Gasteiger partial charge in [-0.25, -0.2) is 9.69 Å². The van der Waals surface area contributed by atoms with Crippen molar-refractivity contribution < 1.29 is 14.7 Å². The minimum absolute atomic E-state index is 0.234. The van der Waals surface area contributed by atoms with Gasteiger partial charge in [0.1, 0.15) is 5.54 Å². The van der Waals surface area contributed by atoms with Crippen molar-refractivity contribution in [3.05, 3.63) is 87.9 Å². The van der Waals surface area contributed by atoms with E-state index in [0.29, 0.717) is 35.1 Å². The molecule has 34 heavy (non-hydrogen) atoms. The third-order valence-corrected chi connectivity index (χ3v) is 7.21. The van der Waals surface area contributed by atoms with Gasteiger partial charge in [0.2, 0.25) is 0 Å². The number of fused-ring (bicyclic) bond motifs is 1. The topological polar surface area (TPSA) is 60.9 Å². The number of carbonyl (C=O) groups excluding carboxylic acids is 2. The summed E-state index contributed by atoms with van der Waals surface area (Å²) in [5, 5.41) is 10.6. The Morgan fingerprint density at radius 2 is 1.68 bits per heavy atom. The standard InChI is InChI=1S/C27H24Cl2N2O3/c1-17(32)20-4-2-5-21(12-20)19-8-6-18(7-9-19)16-27-10-3-11-30(27)26(34)31(25(27)33)24-14-22(28)13-23(29)15-24/h2,4-9,12-15,17,32H,3,10-11,16H2,1H3. The number of nitrogens with zero attached hydrogens (tertiary/aromatic N) is 2. The molecule has 3 aromatic carbocycles. The summed E-state index contributed by atoms with van der Waals surface area (Å²) in [5.41, 5.74) is 3.37. The van der Waals surface area contributed by atoms with Crippen molar-refractivity contribution in [3.63, 3.8) is 0 Å². The van der Waals surface area contributed by atoms with Crippen LogP contribution in [0, 0.1) is 0 Å². The molecule has 5 nitrogen and oxygen atoms in total. The molecule has 2 aliphatic rings. The number of carbonyl (C=O) groups is 2. The molecule has 5 rings (SSSR count). The molecule has 0 bridgehead atoms. The molecule has 0 aromatic heterocycles. The Hall–Kier alpha value is -2.86. The molecule has 1 N–H and O–H groups in total. The molecule has 174 valence electrons. The van der Waals surface area contributed by atoms with Gasteiger partial charge < -0.3 is 10.0 Å². The lowest BCUT2D eigenvalue weighted by atomic mass is 9.87. The maximum absolute atomic E-state index is 13.7. The SMILES string of the molecule is CC(O)c1cccc(-c2ccc(CC34CCCN3C(=O)N(c3cc(Cl)cc(Cl)c3)C4=O)cc2)c1. The van der Waals surface area contributed by atoms with Gasteiger partial charge in [-0.2, -0.15) is 0 Å². The first-order chi connectivity index (χ1) is 16.3. The van der Waals surface area contributed by atoms with E-state index in [0.717, 1.165) is 28.7 Å². The van der Waals surface area contributed by atoms with Gasteiger partial charge in [0, 0.05) is 23.0 Å². The van der Waals surface area contributed by atoms with Crippen LogP contribution >= 0.6 is 23.2 Å². The van der Waals surface area contributed by atoms with Crippen LogP contribution in [0.3, 0.4) is 0 Å². The predicted octanol–water partition coefficient (Wildman–Crippen LogP) is 6.26. The average Bonchev–Trinajstić information content (AvgIpc) is 3.31. The number of aliphatic hydroxyl groups excluding tert-OH is 1. The lowest BCUT2D eigenvalue weighted by Crippen LogP contribution is -2.47. The second-order valence-corrected chi connectivity index (χ2v) is 9.89. The quantitative estimate of drug-likeness (QED) is 0.425. The van der Waals surface area contributed by atoms with Crippen LogP contribution in [0.25, 0.3) is 11.1 Å². The van der Waals surface area contributed by atoms with E-state index in [4.69, 9.17) is 23.2 Å². The molecule has 7 heteroatoms. The number of urea groups is 1. The fourth-order valence-electron chi connectivity index (χ4n) is 5.08. The third-order valence-electron chi connectivity index (χ3n) is 6.77. The van der Waals surface area contributed by atoms with Crippen LogP contribution in [-0.4, -0.2) is 34.0 Å². The highest BCUT2D eigenvalue weighted by Crippen LogP contribution is 2.43. The Balaban J connectivity index is 1.44. The second kappa shape index (κ2) is 8.73. The number of rotatable bonds is 5. The molecule has 3 aromatic rings. The Morgan fingerprint density at radius 1 is 0.971 bits per heavy atom. The van der Waals surface area contributed by atoms with Gasteiger partial charge in [-0.3, -0.25) is 4.79 Å². The van der Waals surface area contributed by atoms with Gasteiger partial charge in [0.05, 0.1) is 11.8 Å². The fraction of sp³-hybridized carbons (Fsp3) is 0.259. The van der Waals surface area contributed by atoms with Crippen molar-refractivity contribution in [3.8, 4) is 11.1 Å². The molecular formula is C27H24Cl2N2O3. The van der Waals surface area contributed by atoms with Gasteiger partial charge in [-0.05, 0) is 66.3 Å². The van der Waals surface area contributed by atoms with Gasteiger partial charge in [-0.15, -0.1) is 0 Å². The summed E-state index contributed by atoms with van der Waals surface area (Å²) in [5.74, 6) is -0.234. The zero-order chi connectivity index (χ0) is 24.0. The number of aliphatic hydroxyl groups is 1. The summed E-state index contributed by atoms with van der Waals surface area (Å²) in [6.07, 6.45) is 1.30. The fourth-order valence-corrected chi connectivity index (χ4v) is 5.60. The molecule has 0 spiro atoms. The number of anilines is 1. The normalized spacial score (nSPS) is 20.7. The highest BCUT2D eigenvalue weighted by molar-refractivity contribution is 6.35. The Labute approximate surface area is 208 Å². The zero-order valence-corrected chi connectivity index (χ0v) is 20.2. The van der Waals surface area contributed by atoms with E-state index in [1.165, 1.54) is 4.90 Å². The number of hydrogen-bond acceptors (Lipinski definition) is 3. The summed E-state index contributed by atoms with van der Waals surface area (Å²) in [7, 11) is 0. The van der Waals surface area contributed by atoms with Crippen LogP contribution in [0.15, 0.2) is 66.7 Å². The molecule has 2 unspecified atom stereocenters. The van der Waals surface area contributed by atoms with Crippen LogP contribution in [0.4, 0.5) is 10.5 Å². The van der Waals surface area contributed by atoms with Crippen LogP contribution in [0.5, 0.6) is 0 Å². The molecule has 3 amide bonds. The lowest BCUT2D eigenvalue weighted by Gasteiger charge is -2.28. The Kier molecular flexibility index (Phi) is 5.88. The van der Waals surface area contributed by atoms with Gasteiger partial charge >= 0.3 is 6.03 Å². The van der Waals surface area contributed by atoms with Crippen molar-refractivity contribution in [1.82, 2.24) is 4.90 Å². The van der Waals surface area contributed by atoms with Crippen LogP contribution in [-0.2, 0) is 11.2 Å². The first kappa shape index (κ1) is 22.9. The summed E-state index contributed by atoms with van der Waals surface area (Å²) in [4.78, 5) is 29.9. The lowest BCUT2D eigenvalue weighted by molar-refractivity contribution is -0.123. The summed E-state index contributed by atoms with van der Waals surface area (Å²) in [6.45, 7) is 2.29. The molecule has 0 saturated carbocycles. The predicted molar refractivity (Wildman–Crippen MR) is 134 cm³/mol.